The molecule has 82 valence electrons. The van der Waals surface area contributed by atoms with E-state index in [1.165, 1.54) is 11.1 Å². The number of hydrogen-bond acceptors (Lipinski definition) is 3. The molecule has 1 atom stereocenters. The quantitative estimate of drug-likeness (QED) is 0.729. The highest BCUT2D eigenvalue weighted by Crippen LogP contribution is 2.40. The van der Waals surface area contributed by atoms with E-state index >= 15 is 0 Å². The maximum absolute atomic E-state index is 5.61. The predicted octanol–water partition coefficient (Wildman–Crippen LogP) is 1.51. The van der Waals surface area contributed by atoms with Gasteiger partial charge in [0, 0.05) is 0 Å². The van der Waals surface area contributed by atoms with E-state index in [0.29, 0.717) is 0 Å². The molecule has 0 aliphatic carbocycles. The summed E-state index contributed by atoms with van der Waals surface area (Å²) in [4.78, 5) is 3.94. The minimum Gasteiger partial charge on any atom is -0.362 e. The lowest BCUT2D eigenvalue weighted by molar-refractivity contribution is 0.269. The zero-order valence-corrected chi connectivity index (χ0v) is 9.13. The van der Waals surface area contributed by atoms with Crippen LogP contribution in [0.1, 0.15) is 11.1 Å². The Kier molecular flexibility index (Phi) is 2.04. The Morgan fingerprint density at radius 2 is 2.12 bits per heavy atom. The summed E-state index contributed by atoms with van der Waals surface area (Å²) < 4.78 is 7.42. The molecule has 1 fully saturated rings. The first kappa shape index (κ1) is 9.54. The summed E-state index contributed by atoms with van der Waals surface area (Å²) in [5.41, 5.74) is 2.30. The van der Waals surface area contributed by atoms with Crippen molar-refractivity contribution in [3.8, 4) is 0 Å². The van der Waals surface area contributed by atoms with Gasteiger partial charge in [-0.3, -0.25) is 0 Å². The van der Waals surface area contributed by atoms with Crippen molar-refractivity contribution in [1.82, 2.24) is 14.8 Å². The summed E-state index contributed by atoms with van der Waals surface area (Å²) in [7, 11) is 0. The largest absolute Gasteiger partial charge is 0.362 e. The minimum atomic E-state index is -0.179. The maximum Gasteiger partial charge on any atom is 0.137 e. The van der Waals surface area contributed by atoms with Crippen LogP contribution in [-0.2, 0) is 16.9 Å². The molecule has 16 heavy (non-hydrogen) atoms. The number of benzene rings is 1. The van der Waals surface area contributed by atoms with Gasteiger partial charge in [0.2, 0.25) is 0 Å². The van der Waals surface area contributed by atoms with Gasteiger partial charge in [0.05, 0.1) is 13.2 Å². The van der Waals surface area contributed by atoms with E-state index in [1.807, 2.05) is 4.68 Å². The van der Waals surface area contributed by atoms with Crippen LogP contribution >= 0.6 is 0 Å². The van der Waals surface area contributed by atoms with Crippen LogP contribution in [0, 0.1) is 6.92 Å². The highest BCUT2D eigenvalue weighted by Gasteiger charge is 2.47. The van der Waals surface area contributed by atoms with E-state index in [1.54, 1.807) is 12.7 Å². The molecule has 1 aromatic carbocycles. The van der Waals surface area contributed by atoms with Crippen molar-refractivity contribution in [2.24, 2.45) is 0 Å². The molecular formula is C12H13N3O. The Morgan fingerprint density at radius 1 is 1.38 bits per heavy atom. The lowest BCUT2D eigenvalue weighted by atomic mass is 9.99. The first-order valence-corrected chi connectivity index (χ1v) is 5.32. The van der Waals surface area contributed by atoms with Gasteiger partial charge in [-0.2, -0.15) is 5.10 Å². The van der Waals surface area contributed by atoms with E-state index in [2.05, 4.69) is 41.3 Å². The molecule has 1 unspecified atom stereocenters. The molecule has 3 rings (SSSR count). The Bertz CT molecular complexity index is 471. The van der Waals surface area contributed by atoms with Crippen molar-refractivity contribution in [3.05, 3.63) is 48.0 Å². The summed E-state index contributed by atoms with van der Waals surface area (Å²) in [5, 5.41) is 4.11. The number of hydrogen-bond donors (Lipinski definition) is 0. The van der Waals surface area contributed by atoms with Crippen LogP contribution in [0.4, 0.5) is 0 Å². The van der Waals surface area contributed by atoms with E-state index < -0.39 is 0 Å². The van der Waals surface area contributed by atoms with Gasteiger partial charge < -0.3 is 4.74 Å². The van der Waals surface area contributed by atoms with Crippen LogP contribution in [0.2, 0.25) is 0 Å². The smallest absolute Gasteiger partial charge is 0.137 e. The number of epoxide rings is 1. The second kappa shape index (κ2) is 3.42. The van der Waals surface area contributed by atoms with E-state index in [-0.39, 0.29) is 5.60 Å². The van der Waals surface area contributed by atoms with Crippen LogP contribution in [0.25, 0.3) is 0 Å². The number of aryl methyl sites for hydroxylation is 1. The van der Waals surface area contributed by atoms with Crippen LogP contribution in [0.3, 0.4) is 0 Å². The fraction of sp³-hybridized carbons (Fsp3) is 0.333. The Hall–Kier alpha value is -1.68. The zero-order valence-electron chi connectivity index (χ0n) is 9.13. The second-order valence-electron chi connectivity index (χ2n) is 4.24. The number of nitrogens with zero attached hydrogens (tertiary/aromatic N) is 3. The van der Waals surface area contributed by atoms with Gasteiger partial charge in [0.25, 0.3) is 0 Å². The van der Waals surface area contributed by atoms with Gasteiger partial charge in [0.1, 0.15) is 18.3 Å². The van der Waals surface area contributed by atoms with Crippen molar-refractivity contribution in [1.29, 1.82) is 0 Å². The standard InChI is InChI=1S/C12H13N3O/c1-10-2-4-11(5-3-10)12(7-16-12)6-15-9-13-8-14-15/h2-5,8-9H,6-7H2,1H3. The molecule has 1 saturated heterocycles. The lowest BCUT2D eigenvalue weighted by Gasteiger charge is -2.12. The van der Waals surface area contributed by atoms with Gasteiger partial charge in [-0.15, -0.1) is 0 Å². The van der Waals surface area contributed by atoms with Gasteiger partial charge in [0.15, 0.2) is 0 Å². The topological polar surface area (TPSA) is 43.2 Å². The van der Waals surface area contributed by atoms with Crippen molar-refractivity contribution in [3.63, 3.8) is 0 Å². The van der Waals surface area contributed by atoms with Crippen molar-refractivity contribution in [2.45, 2.75) is 19.1 Å². The van der Waals surface area contributed by atoms with Crippen LogP contribution in [0.15, 0.2) is 36.9 Å². The average molecular weight is 215 g/mol. The summed E-state index contributed by atoms with van der Waals surface area (Å²) in [6.45, 7) is 3.58. The first-order chi connectivity index (χ1) is 7.78. The summed E-state index contributed by atoms with van der Waals surface area (Å²) in [5.74, 6) is 0. The molecule has 0 bridgehead atoms. The second-order valence-corrected chi connectivity index (χ2v) is 4.24. The fourth-order valence-electron chi connectivity index (χ4n) is 1.87. The third kappa shape index (κ3) is 1.61. The Morgan fingerprint density at radius 3 is 2.69 bits per heavy atom. The number of aromatic nitrogens is 3. The molecule has 0 N–H and O–H groups in total. The summed E-state index contributed by atoms with van der Waals surface area (Å²) >= 11 is 0. The molecule has 4 nitrogen and oxygen atoms in total. The fourth-order valence-corrected chi connectivity index (χ4v) is 1.87. The maximum atomic E-state index is 5.61. The van der Waals surface area contributed by atoms with Crippen molar-refractivity contribution >= 4 is 0 Å². The molecule has 0 spiro atoms. The molecular weight excluding hydrogens is 202 g/mol. The number of rotatable bonds is 3. The Labute approximate surface area is 93.9 Å². The van der Waals surface area contributed by atoms with E-state index in [0.717, 1.165) is 13.2 Å². The molecule has 1 aliphatic rings. The molecule has 0 saturated carbocycles. The SMILES string of the molecule is Cc1ccc(C2(Cn3cncn3)CO2)cc1. The number of ether oxygens (including phenoxy) is 1. The van der Waals surface area contributed by atoms with Crippen LogP contribution in [0.5, 0.6) is 0 Å². The molecule has 1 aromatic heterocycles. The van der Waals surface area contributed by atoms with Crippen molar-refractivity contribution < 1.29 is 4.74 Å². The minimum absolute atomic E-state index is 0.179. The van der Waals surface area contributed by atoms with E-state index in [9.17, 15) is 0 Å². The zero-order chi connectivity index (χ0) is 11.0. The molecule has 1 aliphatic heterocycles. The average Bonchev–Trinajstić information content (AvgIpc) is 2.88. The lowest BCUT2D eigenvalue weighted by Crippen LogP contribution is -2.18. The third-order valence-electron chi connectivity index (χ3n) is 2.95. The predicted molar refractivity (Wildman–Crippen MR) is 58.8 cm³/mol. The van der Waals surface area contributed by atoms with Crippen LogP contribution < -0.4 is 0 Å². The molecule has 2 aromatic rings. The van der Waals surface area contributed by atoms with Crippen molar-refractivity contribution in [2.75, 3.05) is 6.61 Å². The normalized spacial score (nSPS) is 23.3. The monoisotopic (exact) mass is 215 g/mol. The molecule has 0 amide bonds. The highest BCUT2D eigenvalue weighted by molar-refractivity contribution is 5.29. The van der Waals surface area contributed by atoms with Gasteiger partial charge in [-0.05, 0) is 12.5 Å². The van der Waals surface area contributed by atoms with Gasteiger partial charge in [-0.1, -0.05) is 29.8 Å². The molecule has 4 heteroatoms. The molecule has 0 radical (unpaired) electrons. The first-order valence-electron chi connectivity index (χ1n) is 5.32. The van der Waals surface area contributed by atoms with E-state index in [4.69, 9.17) is 4.74 Å². The van der Waals surface area contributed by atoms with Gasteiger partial charge in [-0.25, -0.2) is 9.67 Å². The summed E-state index contributed by atoms with van der Waals surface area (Å²) in [6.07, 6.45) is 3.27. The third-order valence-corrected chi connectivity index (χ3v) is 2.95. The van der Waals surface area contributed by atoms with Crippen LogP contribution in [-0.4, -0.2) is 21.4 Å². The summed E-state index contributed by atoms with van der Waals surface area (Å²) in [6, 6.07) is 8.47. The van der Waals surface area contributed by atoms with Gasteiger partial charge >= 0.3 is 0 Å². The highest BCUT2D eigenvalue weighted by atomic mass is 16.6. The Balaban J connectivity index is 1.86. The molecule has 2 heterocycles.